The van der Waals surface area contributed by atoms with Crippen LogP contribution in [0.4, 0.5) is 0 Å². The second-order valence-corrected chi connectivity index (χ2v) is 6.98. The molecule has 0 aliphatic carbocycles. The standard InChI is InChI=1S/C15H19ClO3S/c1-3-10-20(17,18)11-9-19-15-7-6-14(5-4-8-16)13(2)12-15/h6-7,12H,3,8-11H2,1-2H3. The highest BCUT2D eigenvalue weighted by Crippen LogP contribution is 2.16. The summed E-state index contributed by atoms with van der Waals surface area (Å²) in [6.07, 6.45) is 0.634. The van der Waals surface area contributed by atoms with Crippen LogP contribution in [0.15, 0.2) is 18.2 Å². The first-order valence-electron chi connectivity index (χ1n) is 6.47. The van der Waals surface area contributed by atoms with Gasteiger partial charge in [0.25, 0.3) is 0 Å². The maximum Gasteiger partial charge on any atom is 0.153 e. The van der Waals surface area contributed by atoms with E-state index in [9.17, 15) is 8.42 Å². The third-order valence-electron chi connectivity index (χ3n) is 2.67. The zero-order valence-corrected chi connectivity index (χ0v) is 13.4. The number of sulfone groups is 1. The first kappa shape index (κ1) is 16.9. The molecule has 0 N–H and O–H groups in total. The SMILES string of the molecule is CCCS(=O)(=O)CCOc1ccc(C#CCCl)c(C)c1. The van der Waals surface area contributed by atoms with E-state index in [1.54, 1.807) is 6.07 Å². The normalized spacial score (nSPS) is 10.8. The van der Waals surface area contributed by atoms with Crippen LogP contribution in [0.5, 0.6) is 5.75 Å². The van der Waals surface area contributed by atoms with Gasteiger partial charge in [-0.05, 0) is 37.1 Å². The molecule has 0 radical (unpaired) electrons. The minimum atomic E-state index is -2.99. The Balaban J connectivity index is 2.60. The van der Waals surface area contributed by atoms with Gasteiger partial charge in [-0.2, -0.15) is 0 Å². The Bertz CT molecular complexity index is 597. The zero-order valence-electron chi connectivity index (χ0n) is 11.8. The Morgan fingerprint density at radius 2 is 2.05 bits per heavy atom. The van der Waals surface area contributed by atoms with Crippen molar-refractivity contribution in [2.75, 3.05) is 24.0 Å². The molecule has 1 rings (SSSR count). The van der Waals surface area contributed by atoms with Crippen molar-refractivity contribution in [2.24, 2.45) is 0 Å². The van der Waals surface area contributed by atoms with Crippen LogP contribution < -0.4 is 4.74 Å². The molecule has 20 heavy (non-hydrogen) atoms. The van der Waals surface area contributed by atoms with Crippen molar-refractivity contribution in [3.8, 4) is 17.6 Å². The summed E-state index contributed by atoms with van der Waals surface area (Å²) in [4.78, 5) is 0. The summed E-state index contributed by atoms with van der Waals surface area (Å²) in [5.41, 5.74) is 1.88. The van der Waals surface area contributed by atoms with Gasteiger partial charge >= 0.3 is 0 Å². The lowest BCUT2D eigenvalue weighted by atomic mass is 10.1. The minimum absolute atomic E-state index is 0.0493. The van der Waals surface area contributed by atoms with E-state index in [0.717, 1.165) is 11.1 Å². The smallest absolute Gasteiger partial charge is 0.153 e. The molecule has 0 unspecified atom stereocenters. The summed E-state index contributed by atoms with van der Waals surface area (Å²) < 4.78 is 28.6. The fraction of sp³-hybridized carbons (Fsp3) is 0.467. The topological polar surface area (TPSA) is 43.4 Å². The van der Waals surface area contributed by atoms with Gasteiger partial charge in [0.2, 0.25) is 0 Å². The van der Waals surface area contributed by atoms with Gasteiger partial charge in [0.15, 0.2) is 9.84 Å². The molecule has 1 aromatic carbocycles. The number of benzene rings is 1. The second kappa shape index (κ2) is 8.18. The highest BCUT2D eigenvalue weighted by atomic mass is 35.5. The van der Waals surface area contributed by atoms with Crippen LogP contribution in [0.1, 0.15) is 24.5 Å². The zero-order chi connectivity index (χ0) is 15.0. The number of rotatable bonds is 6. The molecule has 0 atom stereocenters. The molecule has 0 saturated carbocycles. The highest BCUT2D eigenvalue weighted by molar-refractivity contribution is 7.91. The van der Waals surface area contributed by atoms with E-state index in [4.69, 9.17) is 16.3 Å². The number of hydrogen-bond acceptors (Lipinski definition) is 3. The molecule has 0 amide bonds. The fourth-order valence-corrected chi connectivity index (χ4v) is 2.92. The first-order valence-corrected chi connectivity index (χ1v) is 8.83. The average molecular weight is 315 g/mol. The molecule has 0 spiro atoms. The summed E-state index contributed by atoms with van der Waals surface area (Å²) in [6.45, 7) is 3.95. The third-order valence-corrected chi connectivity index (χ3v) is 4.62. The van der Waals surface area contributed by atoms with Gasteiger partial charge in [0.1, 0.15) is 12.4 Å². The van der Waals surface area contributed by atoms with Crippen LogP contribution in [0.3, 0.4) is 0 Å². The van der Waals surface area contributed by atoms with Crippen molar-refractivity contribution in [2.45, 2.75) is 20.3 Å². The van der Waals surface area contributed by atoms with Crippen LogP contribution in [0, 0.1) is 18.8 Å². The molecule has 0 heterocycles. The highest BCUT2D eigenvalue weighted by Gasteiger charge is 2.09. The summed E-state index contributed by atoms with van der Waals surface area (Å²) in [6, 6.07) is 5.49. The van der Waals surface area contributed by atoms with Crippen LogP contribution >= 0.6 is 11.6 Å². The molecule has 3 nitrogen and oxygen atoms in total. The summed E-state index contributed by atoms with van der Waals surface area (Å²) >= 11 is 5.52. The molecule has 1 aromatic rings. The molecule has 0 bridgehead atoms. The number of alkyl halides is 1. The number of aryl methyl sites for hydroxylation is 1. The maximum atomic E-state index is 11.5. The second-order valence-electron chi connectivity index (χ2n) is 4.41. The predicted octanol–water partition coefficient (Wildman–Crippen LogP) is 2.79. The third kappa shape index (κ3) is 5.85. The van der Waals surface area contributed by atoms with E-state index in [2.05, 4.69) is 11.8 Å². The Labute approximate surface area is 126 Å². The van der Waals surface area contributed by atoms with Crippen LogP contribution in [-0.2, 0) is 9.84 Å². The number of halogens is 1. The van der Waals surface area contributed by atoms with Gasteiger partial charge in [0, 0.05) is 5.56 Å². The summed E-state index contributed by atoms with van der Waals surface area (Å²) in [7, 11) is -2.99. The van der Waals surface area contributed by atoms with Gasteiger partial charge in [-0.15, -0.1) is 11.6 Å². The van der Waals surface area contributed by atoms with Crippen molar-refractivity contribution in [1.29, 1.82) is 0 Å². The molecule has 0 aliphatic heterocycles. The van der Waals surface area contributed by atoms with Crippen molar-refractivity contribution in [1.82, 2.24) is 0 Å². The first-order chi connectivity index (χ1) is 9.48. The van der Waals surface area contributed by atoms with E-state index in [1.807, 2.05) is 26.0 Å². The predicted molar refractivity (Wildman–Crippen MR) is 83.2 cm³/mol. The minimum Gasteiger partial charge on any atom is -0.493 e. The molecule has 110 valence electrons. The fourth-order valence-electron chi connectivity index (χ4n) is 1.69. The Morgan fingerprint density at radius 1 is 1.30 bits per heavy atom. The van der Waals surface area contributed by atoms with E-state index >= 15 is 0 Å². The van der Waals surface area contributed by atoms with Gasteiger partial charge in [-0.1, -0.05) is 18.8 Å². The number of ether oxygens (including phenoxy) is 1. The molecule has 0 aromatic heterocycles. The van der Waals surface area contributed by atoms with Crippen molar-refractivity contribution in [3.63, 3.8) is 0 Å². The lowest BCUT2D eigenvalue weighted by molar-refractivity contribution is 0.340. The molecule has 0 saturated heterocycles. The Hall–Kier alpha value is -1.18. The quantitative estimate of drug-likeness (QED) is 0.599. The summed E-state index contributed by atoms with van der Waals surface area (Å²) in [5.74, 6) is 6.97. The van der Waals surface area contributed by atoms with E-state index in [-0.39, 0.29) is 18.1 Å². The molecular weight excluding hydrogens is 296 g/mol. The van der Waals surface area contributed by atoms with E-state index in [0.29, 0.717) is 18.1 Å². The Morgan fingerprint density at radius 3 is 2.65 bits per heavy atom. The molecule has 0 fully saturated rings. The van der Waals surface area contributed by atoms with Gasteiger partial charge < -0.3 is 4.74 Å². The van der Waals surface area contributed by atoms with Crippen molar-refractivity contribution >= 4 is 21.4 Å². The van der Waals surface area contributed by atoms with Crippen LogP contribution in [0.2, 0.25) is 0 Å². The lowest BCUT2D eigenvalue weighted by Gasteiger charge is -2.08. The molecule has 0 aliphatic rings. The largest absolute Gasteiger partial charge is 0.493 e. The Kier molecular flexibility index (Phi) is 6.90. The monoisotopic (exact) mass is 314 g/mol. The van der Waals surface area contributed by atoms with Crippen LogP contribution in [-0.4, -0.2) is 32.4 Å². The van der Waals surface area contributed by atoms with Crippen molar-refractivity contribution < 1.29 is 13.2 Å². The molecular formula is C15H19ClO3S. The van der Waals surface area contributed by atoms with Crippen molar-refractivity contribution in [3.05, 3.63) is 29.3 Å². The maximum absolute atomic E-state index is 11.5. The molecule has 5 heteroatoms. The van der Waals surface area contributed by atoms with E-state index in [1.165, 1.54) is 0 Å². The summed E-state index contributed by atoms with van der Waals surface area (Å²) in [5, 5.41) is 0. The van der Waals surface area contributed by atoms with Gasteiger partial charge in [0.05, 0.1) is 17.4 Å². The van der Waals surface area contributed by atoms with Gasteiger partial charge in [-0.3, -0.25) is 0 Å². The van der Waals surface area contributed by atoms with Crippen LogP contribution in [0.25, 0.3) is 0 Å². The van der Waals surface area contributed by atoms with Gasteiger partial charge in [-0.25, -0.2) is 8.42 Å². The number of hydrogen-bond donors (Lipinski definition) is 0. The lowest BCUT2D eigenvalue weighted by Crippen LogP contribution is -2.16. The average Bonchev–Trinajstić information content (AvgIpc) is 2.37. The van der Waals surface area contributed by atoms with E-state index < -0.39 is 9.84 Å².